The topological polar surface area (TPSA) is 43.4 Å². The van der Waals surface area contributed by atoms with E-state index in [2.05, 4.69) is 10.3 Å². The first-order chi connectivity index (χ1) is 8.38. The van der Waals surface area contributed by atoms with Gasteiger partial charge in [0.15, 0.2) is 0 Å². The van der Waals surface area contributed by atoms with E-state index >= 15 is 0 Å². The molecule has 1 aromatic heterocycles. The third-order valence-corrected chi connectivity index (χ3v) is 2.86. The van der Waals surface area contributed by atoms with Crippen LogP contribution in [0.2, 0.25) is 0 Å². The van der Waals surface area contributed by atoms with Gasteiger partial charge >= 0.3 is 0 Å². The van der Waals surface area contributed by atoms with Gasteiger partial charge in [-0.15, -0.1) is 0 Å². The molecule has 0 aromatic carbocycles. The van der Waals surface area contributed by atoms with Crippen LogP contribution in [0.4, 0.5) is 0 Å². The number of rotatable bonds is 5. The summed E-state index contributed by atoms with van der Waals surface area (Å²) >= 11 is 0. The minimum atomic E-state index is 0.254. The van der Waals surface area contributed by atoms with E-state index in [0.717, 1.165) is 31.0 Å². The lowest BCUT2D eigenvalue weighted by molar-refractivity contribution is -0.0111. The van der Waals surface area contributed by atoms with Crippen molar-refractivity contribution in [3.05, 3.63) is 24.0 Å². The highest BCUT2D eigenvalue weighted by Gasteiger charge is 2.14. The van der Waals surface area contributed by atoms with Gasteiger partial charge < -0.3 is 14.8 Å². The van der Waals surface area contributed by atoms with Gasteiger partial charge in [-0.2, -0.15) is 0 Å². The van der Waals surface area contributed by atoms with Gasteiger partial charge in [-0.25, -0.2) is 0 Å². The van der Waals surface area contributed by atoms with E-state index in [1.54, 1.807) is 6.20 Å². The molecule has 94 valence electrons. The fourth-order valence-corrected chi connectivity index (χ4v) is 1.95. The zero-order valence-electron chi connectivity index (χ0n) is 10.3. The molecule has 1 N–H and O–H groups in total. The molecule has 4 nitrogen and oxygen atoms in total. The van der Waals surface area contributed by atoms with Crippen LogP contribution in [0, 0.1) is 0 Å². The van der Waals surface area contributed by atoms with Crippen LogP contribution in [0.15, 0.2) is 18.3 Å². The molecule has 2 rings (SSSR count). The number of ether oxygens (including phenoxy) is 2. The molecule has 1 unspecified atom stereocenters. The van der Waals surface area contributed by atoms with E-state index in [-0.39, 0.29) is 6.10 Å². The summed E-state index contributed by atoms with van der Waals surface area (Å²) in [6.07, 6.45) is 5.57. The number of nitrogens with one attached hydrogen (secondary N) is 1. The summed E-state index contributed by atoms with van der Waals surface area (Å²) in [5.41, 5.74) is 0.995. The molecule has 1 saturated heterocycles. The number of aromatic nitrogens is 1. The first-order valence-electron chi connectivity index (χ1n) is 6.22. The Morgan fingerprint density at radius 1 is 1.53 bits per heavy atom. The van der Waals surface area contributed by atoms with Crippen LogP contribution in [0.5, 0.6) is 5.75 Å². The molecule has 1 fully saturated rings. The monoisotopic (exact) mass is 236 g/mol. The van der Waals surface area contributed by atoms with Crippen LogP contribution in [-0.2, 0) is 11.3 Å². The summed E-state index contributed by atoms with van der Waals surface area (Å²) < 4.78 is 11.4. The number of hydrogen-bond donors (Lipinski definition) is 1. The van der Waals surface area contributed by atoms with Crippen molar-refractivity contribution in [2.75, 3.05) is 20.3 Å². The van der Waals surface area contributed by atoms with Crippen LogP contribution < -0.4 is 10.1 Å². The Kier molecular flexibility index (Phi) is 4.76. The van der Waals surface area contributed by atoms with Gasteiger partial charge in [-0.3, -0.25) is 4.98 Å². The Hall–Kier alpha value is -1.13. The van der Waals surface area contributed by atoms with Crippen molar-refractivity contribution in [1.82, 2.24) is 10.3 Å². The average Bonchev–Trinajstić information content (AvgIpc) is 2.39. The second kappa shape index (κ2) is 6.57. The van der Waals surface area contributed by atoms with Crippen LogP contribution in [0.1, 0.15) is 25.0 Å². The Morgan fingerprint density at radius 2 is 2.47 bits per heavy atom. The zero-order chi connectivity index (χ0) is 11.9. The number of pyridine rings is 1. The lowest BCUT2D eigenvalue weighted by Gasteiger charge is -2.22. The minimum Gasteiger partial charge on any atom is -0.491 e. The van der Waals surface area contributed by atoms with E-state index in [0.29, 0.717) is 6.61 Å². The molecule has 2 heterocycles. The Bertz CT molecular complexity index is 338. The van der Waals surface area contributed by atoms with E-state index in [1.165, 1.54) is 12.8 Å². The largest absolute Gasteiger partial charge is 0.491 e. The first-order valence-corrected chi connectivity index (χ1v) is 6.22. The number of hydrogen-bond acceptors (Lipinski definition) is 4. The maximum Gasteiger partial charge on any atom is 0.122 e. The predicted molar refractivity (Wildman–Crippen MR) is 66.1 cm³/mol. The fourth-order valence-electron chi connectivity index (χ4n) is 1.95. The maximum absolute atomic E-state index is 5.74. The molecular formula is C13H20N2O2. The Morgan fingerprint density at radius 3 is 3.24 bits per heavy atom. The molecule has 1 aliphatic heterocycles. The van der Waals surface area contributed by atoms with Crippen molar-refractivity contribution < 1.29 is 9.47 Å². The SMILES string of the molecule is CNCc1cc(OCC2CCCCO2)ccn1. The van der Waals surface area contributed by atoms with Crippen LogP contribution in [0.25, 0.3) is 0 Å². The van der Waals surface area contributed by atoms with Gasteiger partial charge in [-0.1, -0.05) is 0 Å². The summed E-state index contributed by atoms with van der Waals surface area (Å²) in [7, 11) is 1.91. The molecule has 0 aliphatic carbocycles. The highest BCUT2D eigenvalue weighted by molar-refractivity contribution is 5.22. The van der Waals surface area contributed by atoms with E-state index in [9.17, 15) is 0 Å². The molecule has 1 aliphatic rings. The van der Waals surface area contributed by atoms with Crippen LogP contribution in [-0.4, -0.2) is 31.3 Å². The normalized spacial score (nSPS) is 20.2. The van der Waals surface area contributed by atoms with E-state index in [4.69, 9.17) is 9.47 Å². The Balaban J connectivity index is 1.83. The van der Waals surface area contributed by atoms with Gasteiger partial charge in [0.2, 0.25) is 0 Å². The van der Waals surface area contributed by atoms with E-state index in [1.807, 2.05) is 19.2 Å². The molecule has 4 heteroatoms. The lowest BCUT2D eigenvalue weighted by Crippen LogP contribution is -2.25. The molecule has 0 saturated carbocycles. The summed E-state index contributed by atoms with van der Waals surface area (Å²) in [6.45, 7) is 2.27. The van der Waals surface area contributed by atoms with Crippen molar-refractivity contribution in [3.63, 3.8) is 0 Å². The van der Waals surface area contributed by atoms with Gasteiger partial charge in [0, 0.05) is 25.4 Å². The smallest absolute Gasteiger partial charge is 0.122 e. The fraction of sp³-hybridized carbons (Fsp3) is 0.615. The van der Waals surface area contributed by atoms with Crippen molar-refractivity contribution in [3.8, 4) is 5.75 Å². The van der Waals surface area contributed by atoms with E-state index < -0.39 is 0 Å². The zero-order valence-corrected chi connectivity index (χ0v) is 10.3. The molecule has 0 amide bonds. The summed E-state index contributed by atoms with van der Waals surface area (Å²) in [6, 6.07) is 3.86. The highest BCUT2D eigenvalue weighted by atomic mass is 16.5. The van der Waals surface area contributed by atoms with Gasteiger partial charge in [0.05, 0.1) is 11.8 Å². The van der Waals surface area contributed by atoms with Crippen molar-refractivity contribution in [2.45, 2.75) is 31.9 Å². The third kappa shape index (κ3) is 3.98. The van der Waals surface area contributed by atoms with Gasteiger partial charge in [-0.05, 0) is 32.4 Å². The average molecular weight is 236 g/mol. The number of nitrogens with zero attached hydrogens (tertiary/aromatic N) is 1. The standard InChI is InChI=1S/C13H20N2O2/c1-14-9-11-8-12(5-6-15-11)17-10-13-4-2-3-7-16-13/h5-6,8,13-14H,2-4,7,9-10H2,1H3. The predicted octanol–water partition coefficient (Wildman–Crippen LogP) is 1.75. The quantitative estimate of drug-likeness (QED) is 0.846. The van der Waals surface area contributed by atoms with Crippen LogP contribution >= 0.6 is 0 Å². The van der Waals surface area contributed by atoms with Crippen molar-refractivity contribution in [2.24, 2.45) is 0 Å². The summed E-state index contributed by atoms with van der Waals surface area (Å²) in [5, 5.41) is 3.07. The molecule has 0 radical (unpaired) electrons. The van der Waals surface area contributed by atoms with Crippen LogP contribution in [0.3, 0.4) is 0 Å². The van der Waals surface area contributed by atoms with Crippen molar-refractivity contribution in [1.29, 1.82) is 0 Å². The molecule has 1 aromatic rings. The molecule has 17 heavy (non-hydrogen) atoms. The van der Waals surface area contributed by atoms with Gasteiger partial charge in [0.25, 0.3) is 0 Å². The highest BCUT2D eigenvalue weighted by Crippen LogP contribution is 2.16. The van der Waals surface area contributed by atoms with Gasteiger partial charge in [0.1, 0.15) is 12.4 Å². The summed E-state index contributed by atoms with van der Waals surface area (Å²) in [4.78, 5) is 4.25. The molecule has 1 atom stereocenters. The molecule has 0 bridgehead atoms. The lowest BCUT2D eigenvalue weighted by atomic mass is 10.1. The second-order valence-corrected chi connectivity index (χ2v) is 4.31. The summed E-state index contributed by atoms with van der Waals surface area (Å²) in [5.74, 6) is 0.874. The second-order valence-electron chi connectivity index (χ2n) is 4.31. The molecular weight excluding hydrogens is 216 g/mol. The van der Waals surface area contributed by atoms with Crippen molar-refractivity contribution >= 4 is 0 Å². The first kappa shape index (κ1) is 12.3. The molecule has 0 spiro atoms. The third-order valence-electron chi connectivity index (χ3n) is 2.86. The maximum atomic E-state index is 5.74. The Labute approximate surface area is 102 Å². The minimum absolute atomic E-state index is 0.254.